The van der Waals surface area contributed by atoms with Gasteiger partial charge in [0.05, 0.1) is 25.1 Å². The quantitative estimate of drug-likeness (QED) is 0.413. The van der Waals surface area contributed by atoms with Crippen molar-refractivity contribution in [3.8, 4) is 11.5 Å². The van der Waals surface area contributed by atoms with Crippen LogP contribution in [0.4, 0.5) is 11.4 Å². The average Bonchev–Trinajstić information content (AvgIpc) is 2.75. The molecule has 2 aromatic rings. The Morgan fingerprint density at radius 2 is 1.28 bits per heavy atom. The molecule has 0 saturated heterocycles. The molecule has 2 aromatic carbocycles. The third-order valence-corrected chi connectivity index (χ3v) is 3.75. The van der Waals surface area contributed by atoms with Crippen LogP contribution in [0, 0.1) is 0 Å². The summed E-state index contributed by atoms with van der Waals surface area (Å²) in [7, 11) is 1.34. The van der Waals surface area contributed by atoms with E-state index in [4.69, 9.17) is 14.2 Å². The number of hydrogen-bond donors (Lipinski definition) is 2. The number of carbonyl (C=O) groups excluding carboxylic acids is 2. The minimum atomic E-state index is -0.366. The van der Waals surface area contributed by atoms with Crippen molar-refractivity contribution in [2.45, 2.75) is 6.92 Å². The van der Waals surface area contributed by atoms with E-state index in [-0.39, 0.29) is 25.0 Å². The number of benzene rings is 2. The van der Waals surface area contributed by atoms with E-state index < -0.39 is 0 Å². The Labute approximate surface area is 170 Å². The van der Waals surface area contributed by atoms with E-state index in [0.717, 1.165) is 0 Å². The molecule has 0 spiro atoms. The van der Waals surface area contributed by atoms with Crippen molar-refractivity contribution < 1.29 is 28.5 Å². The fraction of sp³-hybridized carbons (Fsp3) is 0.333. The Morgan fingerprint density at radius 3 is 1.76 bits per heavy atom. The van der Waals surface area contributed by atoms with Gasteiger partial charge in [-0.3, -0.25) is 9.59 Å². The highest BCUT2D eigenvalue weighted by atomic mass is 16.5. The molecule has 8 nitrogen and oxygen atoms in total. The third kappa shape index (κ3) is 7.61. The predicted octanol–water partition coefficient (Wildman–Crippen LogP) is 2.70. The molecule has 0 aliphatic rings. The average molecular weight is 402 g/mol. The van der Waals surface area contributed by atoms with Crippen LogP contribution in [0.5, 0.6) is 11.5 Å². The van der Waals surface area contributed by atoms with Crippen molar-refractivity contribution in [1.29, 1.82) is 0 Å². The van der Waals surface area contributed by atoms with E-state index in [9.17, 15) is 9.59 Å². The van der Waals surface area contributed by atoms with E-state index in [1.807, 2.05) is 36.4 Å². The molecule has 0 amide bonds. The highest BCUT2D eigenvalue weighted by Gasteiger charge is 2.08. The second-order valence-electron chi connectivity index (χ2n) is 5.78. The summed E-state index contributed by atoms with van der Waals surface area (Å²) in [5, 5.41) is 5.98. The lowest BCUT2D eigenvalue weighted by Crippen LogP contribution is -2.18. The molecule has 0 aromatic heterocycles. The summed E-state index contributed by atoms with van der Waals surface area (Å²) in [5.41, 5.74) is 1.38. The van der Waals surface area contributed by atoms with Crippen LogP contribution in [-0.2, 0) is 19.1 Å². The van der Waals surface area contributed by atoms with E-state index >= 15 is 0 Å². The molecule has 0 saturated carbocycles. The van der Waals surface area contributed by atoms with E-state index in [2.05, 4.69) is 15.4 Å². The summed E-state index contributed by atoms with van der Waals surface area (Å²) in [6.45, 7) is 2.80. The number of hydrogen-bond acceptors (Lipinski definition) is 8. The van der Waals surface area contributed by atoms with Gasteiger partial charge in [0, 0.05) is 0 Å². The van der Waals surface area contributed by atoms with Crippen molar-refractivity contribution in [2.75, 3.05) is 50.7 Å². The first kappa shape index (κ1) is 21.9. The maximum atomic E-state index is 11.5. The van der Waals surface area contributed by atoms with Crippen LogP contribution < -0.4 is 20.1 Å². The zero-order valence-electron chi connectivity index (χ0n) is 16.6. The molecule has 0 fully saturated rings. The fourth-order valence-electron chi connectivity index (χ4n) is 2.40. The van der Waals surface area contributed by atoms with Gasteiger partial charge in [-0.25, -0.2) is 0 Å². The minimum Gasteiger partial charge on any atom is -0.488 e. The second kappa shape index (κ2) is 12.1. The molecule has 8 heteroatoms. The maximum absolute atomic E-state index is 11.5. The number of carbonyl (C=O) groups is 2. The number of ether oxygens (including phenoxy) is 4. The highest BCUT2D eigenvalue weighted by molar-refractivity contribution is 5.76. The summed E-state index contributed by atoms with van der Waals surface area (Å²) in [5.74, 6) is 0.517. The largest absolute Gasteiger partial charge is 0.488 e. The van der Waals surface area contributed by atoms with Crippen LogP contribution >= 0.6 is 0 Å². The first-order valence-corrected chi connectivity index (χ1v) is 9.28. The van der Waals surface area contributed by atoms with Gasteiger partial charge in [0.2, 0.25) is 0 Å². The van der Waals surface area contributed by atoms with Crippen LogP contribution in [0.1, 0.15) is 6.92 Å². The molecule has 0 atom stereocenters. The smallest absolute Gasteiger partial charge is 0.325 e. The summed E-state index contributed by atoms with van der Waals surface area (Å²) in [4.78, 5) is 22.8. The lowest BCUT2D eigenvalue weighted by Gasteiger charge is -2.15. The normalized spacial score (nSPS) is 10.0. The lowest BCUT2D eigenvalue weighted by atomic mass is 10.3. The molecule has 0 bridgehead atoms. The Hall–Kier alpha value is -3.42. The molecule has 0 radical (unpaired) electrons. The SMILES string of the molecule is CCOC(=O)CNc1ccccc1OCCOc1ccccc1NCC(=O)OC. The lowest BCUT2D eigenvalue weighted by molar-refractivity contribution is -0.141. The summed E-state index contributed by atoms with van der Waals surface area (Å²) < 4.78 is 21.1. The van der Waals surface area contributed by atoms with Crippen LogP contribution in [0.2, 0.25) is 0 Å². The number of nitrogens with one attached hydrogen (secondary N) is 2. The molecule has 0 aliphatic heterocycles. The molecular weight excluding hydrogens is 376 g/mol. The maximum Gasteiger partial charge on any atom is 0.325 e. The van der Waals surface area contributed by atoms with Gasteiger partial charge in [0.15, 0.2) is 0 Å². The van der Waals surface area contributed by atoms with Crippen molar-refractivity contribution in [1.82, 2.24) is 0 Å². The molecule has 0 aliphatic carbocycles. The Kier molecular flexibility index (Phi) is 9.14. The van der Waals surface area contributed by atoms with Crippen LogP contribution in [0.15, 0.2) is 48.5 Å². The summed E-state index contributed by atoms with van der Waals surface area (Å²) in [6.07, 6.45) is 0. The molecule has 29 heavy (non-hydrogen) atoms. The molecule has 2 N–H and O–H groups in total. The molecule has 156 valence electrons. The Balaban J connectivity index is 1.84. The van der Waals surface area contributed by atoms with Crippen molar-refractivity contribution in [3.63, 3.8) is 0 Å². The highest BCUT2D eigenvalue weighted by Crippen LogP contribution is 2.25. The number of para-hydroxylation sites is 4. The van der Waals surface area contributed by atoms with Crippen LogP contribution in [0.3, 0.4) is 0 Å². The molecule has 0 unspecified atom stereocenters. The van der Waals surface area contributed by atoms with Crippen molar-refractivity contribution in [3.05, 3.63) is 48.5 Å². The number of rotatable bonds is 12. The van der Waals surface area contributed by atoms with Crippen LogP contribution in [-0.4, -0.2) is 52.0 Å². The summed E-state index contributed by atoms with van der Waals surface area (Å²) in [6, 6.07) is 14.6. The number of esters is 2. The van der Waals surface area contributed by atoms with Gasteiger partial charge < -0.3 is 29.6 Å². The monoisotopic (exact) mass is 402 g/mol. The topological polar surface area (TPSA) is 95.1 Å². The van der Waals surface area contributed by atoms with Crippen LogP contribution in [0.25, 0.3) is 0 Å². The first-order valence-electron chi connectivity index (χ1n) is 9.28. The van der Waals surface area contributed by atoms with Gasteiger partial charge in [-0.1, -0.05) is 24.3 Å². The van der Waals surface area contributed by atoms with E-state index in [1.54, 1.807) is 19.1 Å². The number of anilines is 2. The standard InChI is InChI=1S/C21H26N2O6/c1-3-27-21(25)15-23-17-9-5-7-11-19(17)29-13-12-28-18-10-6-4-8-16(18)22-14-20(24)26-2/h4-11,22-23H,3,12-15H2,1-2H3. The van der Waals surface area contributed by atoms with Gasteiger partial charge >= 0.3 is 11.9 Å². The fourth-order valence-corrected chi connectivity index (χ4v) is 2.40. The Morgan fingerprint density at radius 1 is 0.793 bits per heavy atom. The van der Waals surface area contributed by atoms with Crippen molar-refractivity contribution >= 4 is 23.3 Å². The molecule has 0 heterocycles. The minimum absolute atomic E-state index is 0.0485. The summed E-state index contributed by atoms with van der Waals surface area (Å²) >= 11 is 0. The second-order valence-corrected chi connectivity index (χ2v) is 5.78. The zero-order chi connectivity index (χ0) is 20.9. The van der Waals surface area contributed by atoms with Gasteiger partial charge in [-0.05, 0) is 31.2 Å². The first-order chi connectivity index (χ1) is 14.1. The molecular formula is C21H26N2O6. The van der Waals surface area contributed by atoms with Gasteiger partial charge in [-0.15, -0.1) is 0 Å². The predicted molar refractivity (Wildman–Crippen MR) is 110 cm³/mol. The van der Waals surface area contributed by atoms with Gasteiger partial charge in [-0.2, -0.15) is 0 Å². The van der Waals surface area contributed by atoms with Gasteiger partial charge in [0.25, 0.3) is 0 Å². The Bertz CT molecular complexity index is 796. The van der Waals surface area contributed by atoms with Crippen molar-refractivity contribution in [2.24, 2.45) is 0 Å². The zero-order valence-corrected chi connectivity index (χ0v) is 16.6. The van der Waals surface area contributed by atoms with Gasteiger partial charge in [0.1, 0.15) is 37.8 Å². The third-order valence-electron chi connectivity index (χ3n) is 3.75. The molecule has 2 rings (SSSR count). The van der Waals surface area contributed by atoms with E-state index in [1.165, 1.54) is 7.11 Å². The number of methoxy groups -OCH3 is 1. The van der Waals surface area contributed by atoms with E-state index in [0.29, 0.717) is 42.7 Å².